The van der Waals surface area contributed by atoms with Gasteiger partial charge in [-0.2, -0.15) is 0 Å². The van der Waals surface area contributed by atoms with Gasteiger partial charge in [0.05, 0.1) is 0 Å². The Kier molecular flexibility index (Phi) is 3.73. The van der Waals surface area contributed by atoms with E-state index in [2.05, 4.69) is 71.0 Å². The average molecular weight is 202 g/mol. The molecule has 0 aliphatic carbocycles. The van der Waals surface area contributed by atoms with Crippen LogP contribution in [0.25, 0.3) is 6.08 Å². The van der Waals surface area contributed by atoms with Gasteiger partial charge in [0, 0.05) is 0 Å². The molecule has 0 radical (unpaired) electrons. The van der Waals surface area contributed by atoms with Gasteiger partial charge in [0.1, 0.15) is 0 Å². The SMILES string of the molecule is CC(C)c1cccc(/C=C/C(C)(C)C)c1. The van der Waals surface area contributed by atoms with E-state index in [0.29, 0.717) is 5.92 Å². The smallest absolute Gasteiger partial charge is 0.0200 e. The fraction of sp³-hybridized carbons (Fsp3) is 0.467. The minimum atomic E-state index is 0.258. The molecule has 0 aliphatic heterocycles. The van der Waals surface area contributed by atoms with Crippen molar-refractivity contribution in [1.82, 2.24) is 0 Å². The average Bonchev–Trinajstić information content (AvgIpc) is 2.14. The highest BCUT2D eigenvalue weighted by molar-refractivity contribution is 5.51. The zero-order chi connectivity index (χ0) is 11.5. The Bertz CT molecular complexity index is 337. The predicted octanol–water partition coefficient (Wildman–Crippen LogP) is 4.87. The second-order valence-electron chi connectivity index (χ2n) is 5.52. The maximum Gasteiger partial charge on any atom is -0.0200 e. The molecule has 0 heteroatoms. The van der Waals surface area contributed by atoms with Crippen molar-refractivity contribution in [1.29, 1.82) is 0 Å². The van der Waals surface area contributed by atoms with Crippen LogP contribution in [0.4, 0.5) is 0 Å². The molecule has 0 unspecified atom stereocenters. The third-order valence-electron chi connectivity index (χ3n) is 2.35. The third-order valence-corrected chi connectivity index (χ3v) is 2.35. The molecule has 1 aromatic rings. The van der Waals surface area contributed by atoms with Gasteiger partial charge in [-0.3, -0.25) is 0 Å². The van der Waals surface area contributed by atoms with Crippen LogP contribution in [0.2, 0.25) is 0 Å². The van der Waals surface area contributed by atoms with E-state index in [1.807, 2.05) is 0 Å². The van der Waals surface area contributed by atoms with Gasteiger partial charge in [0.2, 0.25) is 0 Å². The van der Waals surface area contributed by atoms with Gasteiger partial charge in [0.15, 0.2) is 0 Å². The first-order valence-corrected chi connectivity index (χ1v) is 5.68. The molecular formula is C15H22. The topological polar surface area (TPSA) is 0 Å². The summed E-state index contributed by atoms with van der Waals surface area (Å²) in [6.45, 7) is 11.1. The summed E-state index contributed by atoms with van der Waals surface area (Å²) in [5, 5.41) is 0. The van der Waals surface area contributed by atoms with Crippen LogP contribution < -0.4 is 0 Å². The monoisotopic (exact) mass is 202 g/mol. The van der Waals surface area contributed by atoms with Crippen LogP contribution in [0.15, 0.2) is 30.3 Å². The van der Waals surface area contributed by atoms with Gasteiger partial charge in [0.25, 0.3) is 0 Å². The molecule has 0 saturated heterocycles. The molecule has 0 fully saturated rings. The molecule has 0 N–H and O–H groups in total. The highest BCUT2D eigenvalue weighted by Crippen LogP contribution is 2.20. The summed E-state index contributed by atoms with van der Waals surface area (Å²) in [4.78, 5) is 0. The van der Waals surface area contributed by atoms with E-state index in [1.54, 1.807) is 0 Å². The van der Waals surface area contributed by atoms with Crippen molar-refractivity contribution < 1.29 is 0 Å². The summed E-state index contributed by atoms with van der Waals surface area (Å²) >= 11 is 0. The van der Waals surface area contributed by atoms with Gasteiger partial charge in [-0.1, -0.05) is 71.0 Å². The highest BCUT2D eigenvalue weighted by Gasteiger charge is 2.04. The maximum atomic E-state index is 2.27. The minimum absolute atomic E-state index is 0.258. The first kappa shape index (κ1) is 12.0. The fourth-order valence-corrected chi connectivity index (χ4v) is 1.37. The molecule has 0 spiro atoms. The van der Waals surface area contributed by atoms with Gasteiger partial charge in [-0.05, 0) is 22.5 Å². The van der Waals surface area contributed by atoms with Crippen LogP contribution in [0.3, 0.4) is 0 Å². The van der Waals surface area contributed by atoms with Crippen LogP contribution in [0.1, 0.15) is 51.7 Å². The van der Waals surface area contributed by atoms with E-state index < -0.39 is 0 Å². The molecule has 0 aliphatic rings. The van der Waals surface area contributed by atoms with Crippen molar-refractivity contribution >= 4 is 6.08 Å². The normalized spacial score (nSPS) is 12.7. The van der Waals surface area contributed by atoms with Crippen LogP contribution in [0, 0.1) is 5.41 Å². The lowest BCUT2D eigenvalue weighted by Gasteiger charge is -2.11. The largest absolute Gasteiger partial charge is 0.0785 e. The van der Waals surface area contributed by atoms with E-state index >= 15 is 0 Å². The predicted molar refractivity (Wildman–Crippen MR) is 69.0 cm³/mol. The van der Waals surface area contributed by atoms with E-state index in [-0.39, 0.29) is 5.41 Å². The lowest BCUT2D eigenvalue weighted by Crippen LogP contribution is -1.98. The van der Waals surface area contributed by atoms with E-state index in [1.165, 1.54) is 11.1 Å². The molecule has 82 valence electrons. The van der Waals surface area contributed by atoms with Crippen LogP contribution in [-0.4, -0.2) is 0 Å². The summed E-state index contributed by atoms with van der Waals surface area (Å²) in [6, 6.07) is 8.76. The Morgan fingerprint density at radius 2 is 1.80 bits per heavy atom. The van der Waals surface area contributed by atoms with Gasteiger partial charge in [-0.15, -0.1) is 0 Å². The van der Waals surface area contributed by atoms with Crippen molar-refractivity contribution in [3.05, 3.63) is 41.5 Å². The van der Waals surface area contributed by atoms with Crippen molar-refractivity contribution in [2.75, 3.05) is 0 Å². The number of hydrogen-bond donors (Lipinski definition) is 0. The number of allylic oxidation sites excluding steroid dienone is 1. The lowest BCUT2D eigenvalue weighted by molar-refractivity contribution is 0.547. The summed E-state index contributed by atoms with van der Waals surface area (Å²) in [6.07, 6.45) is 4.47. The Balaban J connectivity index is 2.87. The summed E-state index contributed by atoms with van der Waals surface area (Å²) in [7, 11) is 0. The molecule has 0 heterocycles. The molecule has 1 rings (SSSR count). The fourth-order valence-electron chi connectivity index (χ4n) is 1.37. The highest BCUT2D eigenvalue weighted by atomic mass is 14.1. The van der Waals surface area contributed by atoms with Crippen LogP contribution >= 0.6 is 0 Å². The number of benzene rings is 1. The molecule has 0 atom stereocenters. The second-order valence-corrected chi connectivity index (χ2v) is 5.52. The Labute approximate surface area is 94.0 Å². The zero-order valence-electron chi connectivity index (χ0n) is 10.5. The number of hydrogen-bond acceptors (Lipinski definition) is 0. The Hall–Kier alpha value is -1.04. The van der Waals surface area contributed by atoms with Crippen molar-refractivity contribution in [2.45, 2.75) is 40.5 Å². The lowest BCUT2D eigenvalue weighted by atomic mass is 9.94. The first-order chi connectivity index (χ1) is 6.88. The molecule has 0 aromatic heterocycles. The Morgan fingerprint density at radius 3 is 2.33 bits per heavy atom. The van der Waals surface area contributed by atoms with Crippen molar-refractivity contribution in [2.24, 2.45) is 5.41 Å². The molecule has 0 amide bonds. The molecule has 0 bridgehead atoms. The molecular weight excluding hydrogens is 180 g/mol. The summed E-state index contributed by atoms with van der Waals surface area (Å²) in [5.41, 5.74) is 2.97. The standard InChI is InChI=1S/C15H22/c1-12(2)14-8-6-7-13(11-14)9-10-15(3,4)5/h6-12H,1-5H3/b10-9+. The number of rotatable bonds is 2. The first-order valence-electron chi connectivity index (χ1n) is 5.68. The van der Waals surface area contributed by atoms with Gasteiger partial charge >= 0.3 is 0 Å². The van der Waals surface area contributed by atoms with Gasteiger partial charge < -0.3 is 0 Å². The van der Waals surface area contributed by atoms with Crippen LogP contribution in [0.5, 0.6) is 0 Å². The van der Waals surface area contributed by atoms with Gasteiger partial charge in [-0.25, -0.2) is 0 Å². The molecule has 0 nitrogen and oxygen atoms in total. The van der Waals surface area contributed by atoms with Crippen molar-refractivity contribution in [3.8, 4) is 0 Å². The summed E-state index contributed by atoms with van der Waals surface area (Å²) in [5.74, 6) is 0.605. The second kappa shape index (κ2) is 4.65. The third kappa shape index (κ3) is 4.33. The molecule has 15 heavy (non-hydrogen) atoms. The van der Waals surface area contributed by atoms with E-state index in [9.17, 15) is 0 Å². The molecule has 1 aromatic carbocycles. The van der Waals surface area contributed by atoms with Crippen molar-refractivity contribution in [3.63, 3.8) is 0 Å². The summed E-state index contributed by atoms with van der Waals surface area (Å²) < 4.78 is 0. The minimum Gasteiger partial charge on any atom is -0.0785 e. The van der Waals surface area contributed by atoms with Crippen LogP contribution in [-0.2, 0) is 0 Å². The Morgan fingerprint density at radius 1 is 1.13 bits per heavy atom. The zero-order valence-corrected chi connectivity index (χ0v) is 10.5. The maximum absolute atomic E-state index is 2.27. The molecule has 0 saturated carbocycles. The van der Waals surface area contributed by atoms with E-state index in [0.717, 1.165) is 0 Å². The quantitative estimate of drug-likeness (QED) is 0.642. The van der Waals surface area contributed by atoms with E-state index in [4.69, 9.17) is 0 Å².